The zero-order valence-corrected chi connectivity index (χ0v) is 9.92. The predicted octanol–water partition coefficient (Wildman–Crippen LogP) is -0.0366. The van der Waals surface area contributed by atoms with E-state index in [0.29, 0.717) is 12.5 Å². The van der Waals surface area contributed by atoms with Gasteiger partial charge < -0.3 is 15.3 Å². The molecule has 0 bridgehead atoms. The summed E-state index contributed by atoms with van der Waals surface area (Å²) in [6.07, 6.45) is 2.34. The van der Waals surface area contributed by atoms with Crippen LogP contribution in [0, 0.1) is 5.92 Å². The van der Waals surface area contributed by atoms with Crippen LogP contribution in [0.25, 0.3) is 0 Å². The largest absolute Gasteiger partial charge is 0.391 e. The summed E-state index contributed by atoms with van der Waals surface area (Å²) in [5.41, 5.74) is 0. The quantitative estimate of drug-likeness (QED) is 0.635. The molecule has 0 radical (unpaired) electrons. The highest BCUT2D eigenvalue weighted by Gasteiger charge is 2.48. The average molecular weight is 229 g/mol. The Hall–Kier alpha value is -0.160. The van der Waals surface area contributed by atoms with Crippen molar-refractivity contribution in [3.63, 3.8) is 0 Å². The van der Waals surface area contributed by atoms with Gasteiger partial charge in [0.2, 0.25) is 0 Å². The number of fused-ring (bicyclic) bond motifs is 1. The second-order valence-corrected chi connectivity index (χ2v) is 5.23. The Kier molecular flexibility index (Phi) is 3.85. The maximum Gasteiger partial charge on any atom is 0.0991 e. The van der Waals surface area contributed by atoms with Crippen molar-refractivity contribution in [3.8, 4) is 0 Å². The summed E-state index contributed by atoms with van der Waals surface area (Å²) >= 11 is 0. The Balaban J connectivity index is 1.99. The highest BCUT2D eigenvalue weighted by molar-refractivity contribution is 5.01. The number of piperidine rings is 1. The third kappa shape index (κ3) is 2.12. The Morgan fingerprint density at radius 1 is 1.19 bits per heavy atom. The molecule has 0 aliphatic carbocycles. The van der Waals surface area contributed by atoms with E-state index in [2.05, 4.69) is 6.92 Å². The number of rotatable bonds is 3. The standard InChI is InChI=1S/C12H23NO3/c1-2-3-4-8-5-6-13-7-9(14)12(16)10(13)11(8)15/h8-12,14-16H,2-7H2,1H3/t8-,9-,10+,11+,12-/m1/s1. The molecule has 0 aromatic rings. The minimum absolute atomic E-state index is 0.245. The zero-order chi connectivity index (χ0) is 11.7. The Labute approximate surface area is 96.9 Å². The maximum atomic E-state index is 10.2. The molecule has 94 valence electrons. The van der Waals surface area contributed by atoms with Crippen LogP contribution in [-0.2, 0) is 0 Å². The fraction of sp³-hybridized carbons (Fsp3) is 1.00. The van der Waals surface area contributed by atoms with E-state index in [1.54, 1.807) is 0 Å². The number of unbranched alkanes of at least 4 members (excludes halogenated alkanes) is 1. The van der Waals surface area contributed by atoms with E-state index >= 15 is 0 Å². The van der Waals surface area contributed by atoms with Crippen molar-refractivity contribution in [1.29, 1.82) is 0 Å². The van der Waals surface area contributed by atoms with Gasteiger partial charge in [-0.25, -0.2) is 0 Å². The van der Waals surface area contributed by atoms with Crippen LogP contribution in [0.5, 0.6) is 0 Å². The summed E-state index contributed by atoms with van der Waals surface area (Å²) in [6.45, 7) is 3.54. The summed E-state index contributed by atoms with van der Waals surface area (Å²) in [5.74, 6) is 0.293. The van der Waals surface area contributed by atoms with Gasteiger partial charge >= 0.3 is 0 Å². The lowest BCUT2D eigenvalue weighted by Crippen LogP contribution is -2.53. The minimum atomic E-state index is -0.778. The van der Waals surface area contributed by atoms with Crippen LogP contribution in [0.3, 0.4) is 0 Å². The molecule has 2 aliphatic heterocycles. The highest BCUT2D eigenvalue weighted by atomic mass is 16.3. The molecule has 2 saturated heterocycles. The molecular weight excluding hydrogens is 206 g/mol. The molecule has 0 unspecified atom stereocenters. The first-order valence-electron chi connectivity index (χ1n) is 6.43. The van der Waals surface area contributed by atoms with E-state index in [9.17, 15) is 15.3 Å². The van der Waals surface area contributed by atoms with Crippen molar-refractivity contribution in [3.05, 3.63) is 0 Å². The van der Waals surface area contributed by atoms with Crippen LogP contribution in [0.1, 0.15) is 32.6 Å². The molecule has 0 aromatic heterocycles. The van der Waals surface area contributed by atoms with Crippen LogP contribution in [0.2, 0.25) is 0 Å². The van der Waals surface area contributed by atoms with Gasteiger partial charge in [0, 0.05) is 6.54 Å². The highest BCUT2D eigenvalue weighted by Crippen LogP contribution is 2.33. The fourth-order valence-corrected chi connectivity index (χ4v) is 3.13. The van der Waals surface area contributed by atoms with Crippen LogP contribution in [0.4, 0.5) is 0 Å². The first-order valence-corrected chi connectivity index (χ1v) is 6.43. The normalized spacial score (nSPS) is 44.6. The van der Waals surface area contributed by atoms with Gasteiger partial charge in [-0.3, -0.25) is 4.90 Å². The molecule has 2 heterocycles. The van der Waals surface area contributed by atoms with Gasteiger partial charge in [0.1, 0.15) is 0 Å². The van der Waals surface area contributed by atoms with Crippen LogP contribution < -0.4 is 0 Å². The third-order valence-corrected chi connectivity index (χ3v) is 4.14. The van der Waals surface area contributed by atoms with Crippen molar-refractivity contribution in [2.45, 2.75) is 57.0 Å². The van der Waals surface area contributed by atoms with Gasteiger partial charge in [0.15, 0.2) is 0 Å². The second kappa shape index (κ2) is 5.00. The van der Waals surface area contributed by atoms with Crippen LogP contribution in [0.15, 0.2) is 0 Å². The summed E-state index contributed by atoms with van der Waals surface area (Å²) in [6, 6.07) is -0.245. The van der Waals surface area contributed by atoms with Crippen molar-refractivity contribution in [2.75, 3.05) is 13.1 Å². The fourth-order valence-electron chi connectivity index (χ4n) is 3.13. The summed E-state index contributed by atoms with van der Waals surface area (Å²) in [5, 5.41) is 29.7. The summed E-state index contributed by atoms with van der Waals surface area (Å²) in [7, 11) is 0. The van der Waals surface area contributed by atoms with E-state index in [0.717, 1.165) is 32.2 Å². The number of hydrogen-bond donors (Lipinski definition) is 3. The monoisotopic (exact) mass is 229 g/mol. The Bertz CT molecular complexity index is 236. The predicted molar refractivity (Wildman–Crippen MR) is 61.0 cm³/mol. The summed E-state index contributed by atoms with van der Waals surface area (Å²) in [4.78, 5) is 2.03. The molecule has 2 aliphatic rings. The van der Waals surface area contributed by atoms with Gasteiger partial charge in [-0.2, -0.15) is 0 Å². The SMILES string of the molecule is CCCC[C@@H]1CCN2C[C@@H](O)[C@@H](O)[C@@H]2[C@H]1O. The third-order valence-electron chi connectivity index (χ3n) is 4.14. The minimum Gasteiger partial charge on any atom is -0.391 e. The lowest BCUT2D eigenvalue weighted by Gasteiger charge is -2.40. The average Bonchev–Trinajstić information content (AvgIpc) is 2.55. The Morgan fingerprint density at radius 3 is 2.62 bits per heavy atom. The molecule has 5 atom stereocenters. The molecule has 2 rings (SSSR count). The van der Waals surface area contributed by atoms with Crippen molar-refractivity contribution < 1.29 is 15.3 Å². The lowest BCUT2D eigenvalue weighted by atomic mass is 9.83. The number of aliphatic hydroxyl groups excluding tert-OH is 3. The van der Waals surface area contributed by atoms with E-state index in [-0.39, 0.29) is 6.04 Å². The van der Waals surface area contributed by atoms with Crippen LogP contribution >= 0.6 is 0 Å². The molecule has 0 amide bonds. The summed E-state index contributed by atoms with van der Waals surface area (Å²) < 4.78 is 0. The van der Waals surface area contributed by atoms with Crippen LogP contribution in [-0.4, -0.2) is 57.7 Å². The van der Waals surface area contributed by atoms with E-state index in [4.69, 9.17) is 0 Å². The molecular formula is C12H23NO3. The van der Waals surface area contributed by atoms with Crippen molar-refractivity contribution in [2.24, 2.45) is 5.92 Å². The van der Waals surface area contributed by atoms with Gasteiger partial charge in [0.25, 0.3) is 0 Å². The van der Waals surface area contributed by atoms with Crippen molar-refractivity contribution >= 4 is 0 Å². The van der Waals surface area contributed by atoms with Gasteiger partial charge in [-0.05, 0) is 25.3 Å². The molecule has 3 N–H and O–H groups in total. The van der Waals surface area contributed by atoms with Gasteiger partial charge in [-0.15, -0.1) is 0 Å². The molecule has 0 aromatic carbocycles. The first kappa shape index (κ1) is 12.3. The van der Waals surface area contributed by atoms with E-state index in [1.165, 1.54) is 0 Å². The Morgan fingerprint density at radius 2 is 1.94 bits per heavy atom. The van der Waals surface area contributed by atoms with Crippen molar-refractivity contribution in [1.82, 2.24) is 4.90 Å². The molecule has 2 fully saturated rings. The molecule has 16 heavy (non-hydrogen) atoms. The van der Waals surface area contributed by atoms with E-state index in [1.807, 2.05) is 4.90 Å². The molecule has 0 saturated carbocycles. The smallest absolute Gasteiger partial charge is 0.0991 e. The number of nitrogens with zero attached hydrogens (tertiary/aromatic N) is 1. The van der Waals surface area contributed by atoms with Gasteiger partial charge in [0.05, 0.1) is 24.4 Å². The number of aliphatic hydroxyl groups is 3. The maximum absolute atomic E-state index is 10.2. The van der Waals surface area contributed by atoms with E-state index < -0.39 is 18.3 Å². The molecule has 4 heteroatoms. The second-order valence-electron chi connectivity index (χ2n) is 5.23. The zero-order valence-electron chi connectivity index (χ0n) is 9.92. The topological polar surface area (TPSA) is 63.9 Å². The molecule has 4 nitrogen and oxygen atoms in total. The van der Waals surface area contributed by atoms with Gasteiger partial charge in [-0.1, -0.05) is 19.8 Å². The first-order chi connectivity index (χ1) is 7.65. The number of hydrogen-bond acceptors (Lipinski definition) is 4. The lowest BCUT2D eigenvalue weighted by molar-refractivity contribution is -0.0584. The molecule has 0 spiro atoms.